The van der Waals surface area contributed by atoms with E-state index < -0.39 is 6.17 Å². The van der Waals surface area contributed by atoms with Gasteiger partial charge in [-0.2, -0.15) is 5.10 Å². The van der Waals surface area contributed by atoms with Crippen LogP contribution < -0.4 is 19.7 Å². The molecule has 0 unspecified atom stereocenters. The molecule has 0 spiro atoms. The molecule has 0 bridgehead atoms. The summed E-state index contributed by atoms with van der Waals surface area (Å²) in [7, 11) is 2.97. The van der Waals surface area contributed by atoms with Gasteiger partial charge in [-0.15, -0.1) is 0 Å². The van der Waals surface area contributed by atoms with Crippen LogP contribution in [0.2, 0.25) is 0 Å². The van der Waals surface area contributed by atoms with E-state index in [9.17, 15) is 14.4 Å². The zero-order valence-corrected chi connectivity index (χ0v) is 18.0. The van der Waals surface area contributed by atoms with Crippen molar-refractivity contribution in [2.24, 2.45) is 0 Å². The first-order chi connectivity index (χ1) is 16.0. The first-order valence-electron chi connectivity index (χ1n) is 10.3. The molecule has 1 aromatic heterocycles. The standard InChI is InChI=1S/C23H21N5O5/c1-32-17-8-7-15-19(20(17)33-2)23(31)28-16-6-4-3-5-14(16)22(30)27(21(15)28)10-9-18(29)26-13-11-24-25-12-13/h3-8,11-12,21H,9-10H2,1-2H3,(H,24,25)(H,26,29)/t21-/m0/s1. The minimum Gasteiger partial charge on any atom is -0.493 e. The van der Waals surface area contributed by atoms with Gasteiger partial charge in [0.05, 0.1) is 42.9 Å². The maximum Gasteiger partial charge on any atom is 0.264 e. The van der Waals surface area contributed by atoms with Crippen molar-refractivity contribution >= 4 is 29.1 Å². The topological polar surface area (TPSA) is 117 Å². The molecule has 0 saturated carbocycles. The van der Waals surface area contributed by atoms with Gasteiger partial charge in [-0.1, -0.05) is 18.2 Å². The number of fused-ring (bicyclic) bond motifs is 5. The summed E-state index contributed by atoms with van der Waals surface area (Å²) in [6.45, 7) is 0.110. The van der Waals surface area contributed by atoms with Crippen molar-refractivity contribution in [1.29, 1.82) is 0 Å². The van der Waals surface area contributed by atoms with Crippen LogP contribution in [0.25, 0.3) is 0 Å². The molecule has 2 aliphatic heterocycles. The molecule has 10 heteroatoms. The SMILES string of the molecule is COc1ccc2c(c1OC)C(=O)N1c3ccccc3C(=O)N(CCC(=O)Nc3cn[nH]c3)[C@H]21. The van der Waals surface area contributed by atoms with E-state index in [4.69, 9.17) is 9.47 Å². The molecule has 0 saturated heterocycles. The lowest BCUT2D eigenvalue weighted by Gasteiger charge is -2.40. The number of amides is 3. The third kappa shape index (κ3) is 3.18. The fraction of sp³-hybridized carbons (Fsp3) is 0.217. The highest BCUT2D eigenvalue weighted by Crippen LogP contribution is 2.49. The Morgan fingerprint density at radius 2 is 1.94 bits per heavy atom. The normalized spacial score (nSPS) is 16.2. The van der Waals surface area contributed by atoms with E-state index in [0.717, 1.165) is 0 Å². The van der Waals surface area contributed by atoms with E-state index in [0.29, 0.717) is 39.6 Å². The first kappa shape index (κ1) is 20.6. The van der Waals surface area contributed by atoms with Crippen LogP contribution in [0.4, 0.5) is 11.4 Å². The van der Waals surface area contributed by atoms with Gasteiger partial charge in [0, 0.05) is 24.7 Å². The Hall–Kier alpha value is -4.34. The molecule has 0 radical (unpaired) electrons. The van der Waals surface area contributed by atoms with Gasteiger partial charge >= 0.3 is 0 Å². The maximum absolute atomic E-state index is 13.6. The molecule has 1 atom stereocenters. The molecule has 3 heterocycles. The van der Waals surface area contributed by atoms with Crippen LogP contribution in [-0.4, -0.2) is 53.6 Å². The van der Waals surface area contributed by atoms with E-state index in [1.165, 1.54) is 20.4 Å². The van der Waals surface area contributed by atoms with E-state index >= 15 is 0 Å². The lowest BCUT2D eigenvalue weighted by molar-refractivity contribution is -0.116. The summed E-state index contributed by atoms with van der Waals surface area (Å²) < 4.78 is 10.9. The Balaban J connectivity index is 1.55. The van der Waals surface area contributed by atoms with Gasteiger partial charge in [-0.3, -0.25) is 24.4 Å². The zero-order chi connectivity index (χ0) is 23.1. The molecule has 0 aliphatic carbocycles. The molecule has 0 fully saturated rings. The molecule has 10 nitrogen and oxygen atoms in total. The van der Waals surface area contributed by atoms with Gasteiger partial charge in [-0.05, 0) is 18.2 Å². The first-order valence-corrected chi connectivity index (χ1v) is 10.3. The summed E-state index contributed by atoms with van der Waals surface area (Å²) >= 11 is 0. The third-order valence-electron chi connectivity index (χ3n) is 5.85. The van der Waals surface area contributed by atoms with Crippen LogP contribution in [0.1, 0.15) is 38.9 Å². The smallest absolute Gasteiger partial charge is 0.264 e. The third-order valence-corrected chi connectivity index (χ3v) is 5.85. The number of hydrogen-bond acceptors (Lipinski definition) is 6. The summed E-state index contributed by atoms with van der Waals surface area (Å²) in [6, 6.07) is 10.4. The summed E-state index contributed by atoms with van der Waals surface area (Å²) in [5, 5.41) is 9.16. The number of benzene rings is 2. The summed E-state index contributed by atoms with van der Waals surface area (Å²) in [5.41, 5.74) is 2.43. The molecule has 33 heavy (non-hydrogen) atoms. The monoisotopic (exact) mass is 447 g/mol. The van der Waals surface area contributed by atoms with Crippen LogP contribution in [0.5, 0.6) is 11.5 Å². The number of nitrogens with zero attached hydrogens (tertiary/aromatic N) is 3. The molecule has 2 aliphatic rings. The Morgan fingerprint density at radius 1 is 1.12 bits per heavy atom. The van der Waals surface area contributed by atoms with E-state index in [2.05, 4.69) is 15.5 Å². The highest BCUT2D eigenvalue weighted by Gasteiger charge is 2.49. The second-order valence-electron chi connectivity index (χ2n) is 7.61. The van der Waals surface area contributed by atoms with Crippen molar-refractivity contribution < 1.29 is 23.9 Å². The number of rotatable bonds is 6. The van der Waals surface area contributed by atoms with Gasteiger partial charge in [0.2, 0.25) is 5.91 Å². The highest BCUT2D eigenvalue weighted by atomic mass is 16.5. The minimum atomic E-state index is -0.698. The second kappa shape index (κ2) is 7.97. The predicted octanol–water partition coefficient (Wildman–Crippen LogP) is 2.57. The fourth-order valence-corrected chi connectivity index (χ4v) is 4.42. The quantitative estimate of drug-likeness (QED) is 0.600. The number of carbonyl (C=O) groups excluding carboxylic acids is 3. The highest BCUT2D eigenvalue weighted by molar-refractivity contribution is 6.18. The molecule has 2 aromatic carbocycles. The van der Waals surface area contributed by atoms with Crippen molar-refractivity contribution in [1.82, 2.24) is 15.1 Å². The average Bonchev–Trinajstić information content (AvgIpc) is 3.44. The second-order valence-corrected chi connectivity index (χ2v) is 7.61. The van der Waals surface area contributed by atoms with Crippen LogP contribution in [0, 0.1) is 0 Å². The van der Waals surface area contributed by atoms with Gasteiger partial charge in [-0.25, -0.2) is 0 Å². The number of H-pyrrole nitrogens is 1. The Morgan fingerprint density at radius 3 is 2.67 bits per heavy atom. The van der Waals surface area contributed by atoms with E-state index in [1.807, 2.05) is 0 Å². The largest absolute Gasteiger partial charge is 0.493 e. The number of aromatic nitrogens is 2. The lowest BCUT2D eigenvalue weighted by Crippen LogP contribution is -2.49. The number of para-hydroxylation sites is 1. The number of nitrogens with one attached hydrogen (secondary N) is 2. The predicted molar refractivity (Wildman–Crippen MR) is 118 cm³/mol. The van der Waals surface area contributed by atoms with Gasteiger partial charge < -0.3 is 19.7 Å². The van der Waals surface area contributed by atoms with Crippen LogP contribution in [0.15, 0.2) is 48.8 Å². The molecule has 168 valence electrons. The van der Waals surface area contributed by atoms with E-state index in [1.54, 1.807) is 52.4 Å². The number of anilines is 2. The summed E-state index contributed by atoms with van der Waals surface area (Å²) in [4.78, 5) is 42.7. The fourth-order valence-electron chi connectivity index (χ4n) is 4.42. The Bertz CT molecular complexity index is 1260. The van der Waals surface area contributed by atoms with Crippen molar-refractivity contribution in [2.45, 2.75) is 12.6 Å². The number of hydrogen-bond donors (Lipinski definition) is 2. The average molecular weight is 447 g/mol. The molecule has 2 N–H and O–H groups in total. The number of aromatic amines is 1. The van der Waals surface area contributed by atoms with Crippen LogP contribution >= 0.6 is 0 Å². The number of carbonyl (C=O) groups is 3. The minimum absolute atomic E-state index is 0.0419. The molecule has 3 amide bonds. The Kier molecular flexibility index (Phi) is 4.97. The summed E-state index contributed by atoms with van der Waals surface area (Å²) in [6.07, 6.45) is 2.40. The lowest BCUT2D eigenvalue weighted by atomic mass is 10.0. The number of methoxy groups -OCH3 is 2. The van der Waals surface area contributed by atoms with Crippen molar-refractivity contribution in [3.05, 3.63) is 65.5 Å². The number of ether oxygens (including phenoxy) is 2. The van der Waals surface area contributed by atoms with Crippen molar-refractivity contribution in [2.75, 3.05) is 31.0 Å². The van der Waals surface area contributed by atoms with Crippen molar-refractivity contribution in [3.8, 4) is 11.5 Å². The van der Waals surface area contributed by atoms with Gasteiger partial charge in [0.25, 0.3) is 11.8 Å². The molecular formula is C23H21N5O5. The van der Waals surface area contributed by atoms with E-state index in [-0.39, 0.29) is 30.7 Å². The zero-order valence-electron chi connectivity index (χ0n) is 18.0. The van der Waals surface area contributed by atoms with Crippen LogP contribution in [0.3, 0.4) is 0 Å². The molecule has 3 aromatic rings. The van der Waals surface area contributed by atoms with Gasteiger partial charge in [0.15, 0.2) is 11.5 Å². The summed E-state index contributed by atoms with van der Waals surface area (Å²) in [5.74, 6) is -0.0736. The Labute approximate surface area is 189 Å². The van der Waals surface area contributed by atoms with Gasteiger partial charge in [0.1, 0.15) is 6.17 Å². The van der Waals surface area contributed by atoms with Crippen LogP contribution in [-0.2, 0) is 4.79 Å². The molecule has 5 rings (SSSR count). The van der Waals surface area contributed by atoms with Crippen molar-refractivity contribution in [3.63, 3.8) is 0 Å². The molecular weight excluding hydrogens is 426 g/mol. The maximum atomic E-state index is 13.6.